The lowest BCUT2D eigenvalue weighted by Gasteiger charge is -2.14. The third kappa shape index (κ3) is 8.02. The molecule has 0 saturated carbocycles. The van der Waals surface area contributed by atoms with E-state index in [0.29, 0.717) is 21.7 Å². The van der Waals surface area contributed by atoms with Crippen molar-refractivity contribution in [1.29, 1.82) is 0 Å². The van der Waals surface area contributed by atoms with Crippen LogP contribution in [0, 0.1) is 0 Å². The van der Waals surface area contributed by atoms with E-state index in [1.54, 1.807) is 6.07 Å². The zero-order valence-electron chi connectivity index (χ0n) is 21.9. The molecule has 0 bridgehead atoms. The van der Waals surface area contributed by atoms with Crippen molar-refractivity contribution in [3.8, 4) is 28.3 Å². The van der Waals surface area contributed by atoms with E-state index in [2.05, 4.69) is 29.8 Å². The fourth-order valence-electron chi connectivity index (χ4n) is 4.59. The summed E-state index contributed by atoms with van der Waals surface area (Å²) in [6, 6.07) is 23.5. The molecule has 0 aliphatic carbocycles. The van der Waals surface area contributed by atoms with E-state index >= 15 is 0 Å². The smallest absolute Gasteiger partial charge is 0.130 e. The molecule has 0 aliphatic rings. The molecule has 0 spiro atoms. The topological polar surface area (TPSA) is 27.1 Å². The number of ether oxygens (including phenoxy) is 1. The number of halogens is 3. The monoisotopic (exact) mass is 568 g/mol. The molecule has 0 unspecified atom stereocenters. The highest BCUT2D eigenvalue weighted by atomic mass is 35.5. The molecule has 38 heavy (non-hydrogen) atoms. The van der Waals surface area contributed by atoms with Crippen LogP contribution in [0.25, 0.3) is 22.5 Å². The Kier molecular flexibility index (Phi) is 11.0. The van der Waals surface area contributed by atoms with Crippen molar-refractivity contribution in [3.63, 3.8) is 0 Å². The van der Waals surface area contributed by atoms with Crippen molar-refractivity contribution in [2.75, 3.05) is 0 Å². The van der Waals surface area contributed by atoms with Crippen LogP contribution in [0.3, 0.4) is 0 Å². The van der Waals surface area contributed by atoms with Crippen LogP contribution in [0.1, 0.15) is 63.9 Å². The summed E-state index contributed by atoms with van der Waals surface area (Å²) in [4.78, 5) is 0. The number of nitrogens with zero attached hydrogens (tertiary/aromatic N) is 2. The van der Waals surface area contributed by atoms with Gasteiger partial charge in [0.25, 0.3) is 0 Å². The molecule has 0 fully saturated rings. The highest BCUT2D eigenvalue weighted by Crippen LogP contribution is 2.37. The molecule has 4 rings (SSSR count). The number of benzene rings is 3. The Morgan fingerprint density at radius 2 is 1.37 bits per heavy atom. The lowest BCUT2D eigenvalue weighted by atomic mass is 10.1. The molecular formula is C32H35Cl3N2O. The summed E-state index contributed by atoms with van der Waals surface area (Å²) in [6.07, 6.45) is 10.1. The van der Waals surface area contributed by atoms with E-state index in [-0.39, 0.29) is 0 Å². The third-order valence-electron chi connectivity index (χ3n) is 6.67. The minimum atomic E-state index is 0.455. The van der Waals surface area contributed by atoms with Crippen molar-refractivity contribution in [2.45, 2.75) is 71.4 Å². The van der Waals surface area contributed by atoms with Crippen LogP contribution in [-0.2, 0) is 13.2 Å². The largest absolute Gasteiger partial charge is 0.488 e. The molecule has 3 nitrogen and oxygen atoms in total. The van der Waals surface area contributed by atoms with Gasteiger partial charge in [-0.05, 0) is 54.4 Å². The van der Waals surface area contributed by atoms with Gasteiger partial charge in [-0.2, -0.15) is 5.10 Å². The summed E-state index contributed by atoms with van der Waals surface area (Å²) in [5.74, 6) is 0.729. The first kappa shape index (κ1) is 28.5. The zero-order valence-corrected chi connectivity index (χ0v) is 24.2. The first-order valence-electron chi connectivity index (χ1n) is 13.5. The summed E-state index contributed by atoms with van der Waals surface area (Å²) in [6.45, 7) is 3.53. The van der Waals surface area contributed by atoms with Crippen LogP contribution in [0.15, 0.2) is 72.8 Å². The van der Waals surface area contributed by atoms with Gasteiger partial charge in [0, 0.05) is 27.7 Å². The molecule has 0 aliphatic heterocycles. The molecule has 200 valence electrons. The molecule has 1 heterocycles. The maximum absolute atomic E-state index is 6.56. The van der Waals surface area contributed by atoms with Gasteiger partial charge in [-0.25, -0.2) is 0 Å². The summed E-state index contributed by atoms with van der Waals surface area (Å²) in [5, 5.41) is 6.80. The predicted molar refractivity (Wildman–Crippen MR) is 162 cm³/mol. The van der Waals surface area contributed by atoms with E-state index in [9.17, 15) is 0 Å². The van der Waals surface area contributed by atoms with E-state index < -0.39 is 0 Å². The van der Waals surface area contributed by atoms with E-state index in [0.717, 1.165) is 46.8 Å². The Morgan fingerprint density at radius 1 is 0.711 bits per heavy atom. The van der Waals surface area contributed by atoms with Crippen LogP contribution in [0.4, 0.5) is 0 Å². The fourth-order valence-corrected chi connectivity index (χ4v) is 5.26. The number of aromatic nitrogens is 2. The van der Waals surface area contributed by atoms with Gasteiger partial charge in [0.1, 0.15) is 12.4 Å². The number of hydrogen-bond donors (Lipinski definition) is 0. The van der Waals surface area contributed by atoms with Gasteiger partial charge >= 0.3 is 0 Å². The maximum atomic E-state index is 6.56. The van der Waals surface area contributed by atoms with Crippen molar-refractivity contribution >= 4 is 34.8 Å². The van der Waals surface area contributed by atoms with Gasteiger partial charge in [-0.1, -0.05) is 117 Å². The fraction of sp³-hybridized carbons (Fsp3) is 0.344. The quantitative estimate of drug-likeness (QED) is 0.141. The van der Waals surface area contributed by atoms with Gasteiger partial charge < -0.3 is 4.74 Å². The van der Waals surface area contributed by atoms with Crippen LogP contribution in [-0.4, -0.2) is 9.78 Å². The average molecular weight is 570 g/mol. The van der Waals surface area contributed by atoms with Crippen LogP contribution in [0.5, 0.6) is 5.75 Å². The summed E-state index contributed by atoms with van der Waals surface area (Å²) >= 11 is 19.1. The van der Waals surface area contributed by atoms with E-state index in [4.69, 9.17) is 44.6 Å². The molecule has 6 heteroatoms. The minimum absolute atomic E-state index is 0.455. The summed E-state index contributed by atoms with van der Waals surface area (Å²) < 4.78 is 8.37. The Balaban J connectivity index is 1.58. The SMILES string of the molecule is CCCCCCCCCCn1nc(-c2ccc(Cl)cc2Cl)cc1-c1ccc(Cl)cc1OCc1ccccc1. The zero-order chi connectivity index (χ0) is 26.7. The highest BCUT2D eigenvalue weighted by Gasteiger charge is 2.18. The average Bonchev–Trinajstić information content (AvgIpc) is 3.33. The van der Waals surface area contributed by atoms with E-state index in [1.165, 1.54) is 44.9 Å². The molecule has 3 aromatic carbocycles. The van der Waals surface area contributed by atoms with Gasteiger partial charge in [0.15, 0.2) is 0 Å². The first-order chi connectivity index (χ1) is 18.5. The predicted octanol–water partition coefficient (Wildman–Crippen LogP) is 10.9. The Bertz CT molecular complexity index is 1300. The normalized spacial score (nSPS) is 11.2. The van der Waals surface area contributed by atoms with Gasteiger partial charge in [0.05, 0.1) is 16.4 Å². The number of rotatable bonds is 14. The second kappa shape index (κ2) is 14.6. The van der Waals surface area contributed by atoms with Gasteiger partial charge in [0.2, 0.25) is 0 Å². The van der Waals surface area contributed by atoms with Crippen LogP contribution >= 0.6 is 34.8 Å². The van der Waals surface area contributed by atoms with Crippen molar-refractivity contribution in [1.82, 2.24) is 9.78 Å². The third-order valence-corrected chi connectivity index (χ3v) is 7.45. The maximum Gasteiger partial charge on any atom is 0.130 e. The summed E-state index contributed by atoms with van der Waals surface area (Å²) in [5.41, 5.74) is 4.69. The Hall–Kier alpha value is -2.46. The molecule has 0 saturated heterocycles. The van der Waals surface area contributed by atoms with E-state index in [1.807, 2.05) is 48.5 Å². The van der Waals surface area contributed by atoms with Crippen molar-refractivity contribution in [3.05, 3.63) is 93.4 Å². The van der Waals surface area contributed by atoms with Crippen molar-refractivity contribution in [2.24, 2.45) is 0 Å². The summed E-state index contributed by atoms with van der Waals surface area (Å²) in [7, 11) is 0. The van der Waals surface area contributed by atoms with Crippen LogP contribution in [0.2, 0.25) is 15.1 Å². The number of hydrogen-bond acceptors (Lipinski definition) is 2. The molecule has 1 aromatic heterocycles. The molecule has 0 atom stereocenters. The van der Waals surface area contributed by atoms with Gasteiger partial charge in [-0.3, -0.25) is 4.68 Å². The molecule has 0 N–H and O–H groups in total. The van der Waals surface area contributed by atoms with Crippen LogP contribution < -0.4 is 4.74 Å². The molecule has 0 radical (unpaired) electrons. The Labute approximate surface area is 241 Å². The number of unbranched alkanes of at least 4 members (excludes halogenated alkanes) is 7. The van der Waals surface area contributed by atoms with Crippen molar-refractivity contribution < 1.29 is 4.74 Å². The second-order valence-corrected chi connectivity index (χ2v) is 10.9. The molecular weight excluding hydrogens is 535 g/mol. The molecule has 4 aromatic rings. The molecule has 0 amide bonds. The number of aryl methyl sites for hydroxylation is 1. The Morgan fingerprint density at radius 3 is 2.08 bits per heavy atom. The standard InChI is InChI=1S/C32H35Cl3N2O/c1-2-3-4-5-6-7-8-12-19-37-31(22-30(36-37)27-17-15-25(33)20-29(27)35)28-18-16-26(34)21-32(28)38-23-24-13-10-9-11-14-24/h9-11,13-18,20-22H,2-8,12,19,23H2,1H3. The van der Waals surface area contributed by atoms with Gasteiger partial charge in [-0.15, -0.1) is 0 Å². The highest BCUT2D eigenvalue weighted by molar-refractivity contribution is 6.36. The second-order valence-electron chi connectivity index (χ2n) is 9.65. The first-order valence-corrected chi connectivity index (χ1v) is 14.7. The lowest BCUT2D eigenvalue weighted by molar-refractivity contribution is 0.307. The minimum Gasteiger partial charge on any atom is -0.488 e. The lowest BCUT2D eigenvalue weighted by Crippen LogP contribution is -2.04.